The highest BCUT2D eigenvalue weighted by Gasteiger charge is 2.29. The fourth-order valence-corrected chi connectivity index (χ4v) is 5.33. The number of ether oxygens (including phenoxy) is 2. The van der Waals surface area contributed by atoms with Crippen LogP contribution in [0.3, 0.4) is 0 Å². The van der Waals surface area contributed by atoms with Gasteiger partial charge in [0.25, 0.3) is 0 Å². The maximum atomic E-state index is 15.5. The zero-order valence-corrected chi connectivity index (χ0v) is 25.8. The van der Waals surface area contributed by atoms with Crippen LogP contribution in [0, 0.1) is 5.82 Å². The Morgan fingerprint density at radius 3 is 2.84 bits per heavy atom. The molecule has 2 aliphatic rings. The highest BCUT2D eigenvalue weighted by molar-refractivity contribution is 5.85. The Balaban J connectivity index is 1.57. The van der Waals surface area contributed by atoms with Crippen LogP contribution in [-0.2, 0) is 16.7 Å². The van der Waals surface area contributed by atoms with Crippen molar-refractivity contribution in [1.29, 1.82) is 0 Å². The Bertz CT molecular complexity index is 1800. The fourth-order valence-electron chi connectivity index (χ4n) is 5.33. The summed E-state index contributed by atoms with van der Waals surface area (Å²) in [4.78, 5) is 10.9. The number of nitrogens with one attached hydrogen (secondary N) is 3. The minimum absolute atomic E-state index is 0.0140. The Kier molecular flexibility index (Phi) is 9.42. The first kappa shape index (κ1) is 31.6. The lowest BCUT2D eigenvalue weighted by Crippen LogP contribution is -2.34. The SMILES string of the molecule is C=C/C=C\C=C/CC1(C)CCCOC(C)(C)/C(N)=C/NCc2c(c(F)cc3[nH]ccc23)OC2=CC=C(F)C(=C=C2)c2ncc1[nH]2. The maximum absolute atomic E-state index is 15.5. The fraction of sp³-hybridized carbons (Fsp3) is 0.278. The molecule has 3 aromatic rings. The van der Waals surface area contributed by atoms with E-state index in [1.165, 1.54) is 24.3 Å². The van der Waals surface area contributed by atoms with Crippen molar-refractivity contribution < 1.29 is 18.3 Å². The van der Waals surface area contributed by atoms with Crippen LogP contribution in [0.25, 0.3) is 16.5 Å². The van der Waals surface area contributed by atoms with Gasteiger partial charge < -0.3 is 30.5 Å². The number of benzene rings is 1. The quantitative estimate of drug-likeness (QED) is 0.178. The molecule has 1 aromatic carbocycles. The third-order valence-corrected chi connectivity index (χ3v) is 8.17. The first-order valence-electron chi connectivity index (χ1n) is 15.0. The maximum Gasteiger partial charge on any atom is 0.168 e. The molecule has 0 saturated heterocycles. The van der Waals surface area contributed by atoms with E-state index in [9.17, 15) is 0 Å². The number of allylic oxidation sites excluding steroid dienone is 9. The van der Waals surface area contributed by atoms with Gasteiger partial charge in [-0.05, 0) is 51.3 Å². The molecule has 1 unspecified atom stereocenters. The summed E-state index contributed by atoms with van der Waals surface area (Å²) in [5.41, 5.74) is 11.0. The third kappa shape index (κ3) is 7.11. The molecule has 0 spiro atoms. The number of H-pyrrole nitrogens is 2. The first-order valence-corrected chi connectivity index (χ1v) is 15.0. The Labute approximate surface area is 262 Å². The molecule has 5 N–H and O–H groups in total. The topological polar surface area (TPSA) is 101 Å². The second kappa shape index (κ2) is 13.4. The van der Waals surface area contributed by atoms with E-state index in [0.29, 0.717) is 35.6 Å². The summed E-state index contributed by atoms with van der Waals surface area (Å²) in [5, 5.41) is 3.99. The minimum atomic E-state index is -0.756. The number of halogens is 2. The van der Waals surface area contributed by atoms with E-state index in [2.05, 4.69) is 45.6 Å². The predicted octanol–water partition coefficient (Wildman–Crippen LogP) is 7.82. The van der Waals surface area contributed by atoms with Gasteiger partial charge >= 0.3 is 0 Å². The van der Waals surface area contributed by atoms with Gasteiger partial charge in [0.15, 0.2) is 11.6 Å². The summed E-state index contributed by atoms with van der Waals surface area (Å²) in [6.45, 7) is 10.4. The van der Waals surface area contributed by atoms with E-state index < -0.39 is 17.2 Å². The number of rotatable bonds is 4. The lowest BCUT2D eigenvalue weighted by molar-refractivity contribution is 0.00539. The molecule has 7 nitrogen and oxygen atoms in total. The van der Waals surface area contributed by atoms with Crippen molar-refractivity contribution in [2.45, 2.75) is 57.6 Å². The average Bonchev–Trinajstić information content (AvgIpc) is 3.65. The van der Waals surface area contributed by atoms with Crippen LogP contribution >= 0.6 is 0 Å². The smallest absolute Gasteiger partial charge is 0.168 e. The van der Waals surface area contributed by atoms with Gasteiger partial charge in [-0.25, -0.2) is 13.8 Å². The third-order valence-electron chi connectivity index (χ3n) is 8.17. The lowest BCUT2D eigenvalue weighted by atomic mass is 9.79. The number of imidazole rings is 1. The molecule has 0 amide bonds. The van der Waals surface area contributed by atoms with Gasteiger partial charge in [-0.2, -0.15) is 0 Å². The van der Waals surface area contributed by atoms with Crippen molar-refractivity contribution in [1.82, 2.24) is 20.3 Å². The number of aromatic amines is 2. The van der Waals surface area contributed by atoms with E-state index in [1.807, 2.05) is 38.1 Å². The molecule has 9 heteroatoms. The monoisotopic (exact) mass is 611 g/mol. The normalized spacial score (nSPS) is 22.1. The lowest BCUT2D eigenvalue weighted by Gasteiger charge is -2.30. The molecule has 1 atom stereocenters. The van der Waals surface area contributed by atoms with Crippen LogP contribution < -0.4 is 15.8 Å². The summed E-state index contributed by atoms with van der Waals surface area (Å²) in [6.07, 6.45) is 21.2. The standard InChI is InChI=1S/C36H39F2N5O2/c1-5-6-7-8-9-16-36(4)17-10-19-44-35(2,3)31(39)22-40-21-27-25-15-18-41-30(25)20-29(38)33(27)45-24-11-13-26(28(37)14-12-24)34-42-23-32(36)43-34/h5-9,11-12,14-15,18,20,22-23,40-41H,1,10,16-17,19,21,39H2,2-4H3,(H,42,43)/b7-6-,9-8-,31-22-. The summed E-state index contributed by atoms with van der Waals surface area (Å²) in [7, 11) is 0. The number of nitrogens with zero attached hydrogens (tertiary/aromatic N) is 1. The molecule has 0 radical (unpaired) electrons. The molecule has 2 aromatic heterocycles. The summed E-state index contributed by atoms with van der Waals surface area (Å²) >= 11 is 0. The molecular weight excluding hydrogens is 572 g/mol. The van der Waals surface area contributed by atoms with Gasteiger partial charge in [0.1, 0.15) is 23.0 Å². The molecule has 1 aliphatic carbocycles. The van der Waals surface area contributed by atoms with E-state index in [-0.39, 0.29) is 29.0 Å². The molecule has 3 heterocycles. The molecule has 1 aliphatic heterocycles. The van der Waals surface area contributed by atoms with Gasteiger partial charge in [0, 0.05) is 71.5 Å². The van der Waals surface area contributed by atoms with Gasteiger partial charge in [-0.3, -0.25) is 0 Å². The van der Waals surface area contributed by atoms with Crippen molar-refractivity contribution in [3.05, 3.63) is 132 Å². The van der Waals surface area contributed by atoms with Crippen LogP contribution in [0.1, 0.15) is 57.1 Å². The number of hydrogen-bond acceptors (Lipinski definition) is 5. The van der Waals surface area contributed by atoms with E-state index in [0.717, 1.165) is 23.9 Å². The van der Waals surface area contributed by atoms with Crippen LogP contribution in [0.4, 0.5) is 8.78 Å². The predicted molar refractivity (Wildman–Crippen MR) is 175 cm³/mol. The summed E-state index contributed by atoms with van der Waals surface area (Å²) in [5.74, 6) is -0.558. The van der Waals surface area contributed by atoms with E-state index >= 15 is 8.78 Å². The van der Waals surface area contributed by atoms with Gasteiger partial charge in [0.2, 0.25) is 0 Å². The number of fused-ring (bicyclic) bond motifs is 7. The molecule has 5 rings (SSSR count). The summed E-state index contributed by atoms with van der Waals surface area (Å²) in [6, 6.07) is 3.22. The molecule has 234 valence electrons. The molecule has 0 fully saturated rings. The zero-order valence-electron chi connectivity index (χ0n) is 25.8. The summed E-state index contributed by atoms with van der Waals surface area (Å²) < 4.78 is 43.2. The van der Waals surface area contributed by atoms with Crippen molar-refractivity contribution in [2.24, 2.45) is 5.73 Å². The van der Waals surface area contributed by atoms with E-state index in [4.69, 9.17) is 15.2 Å². The minimum Gasteiger partial charge on any atom is -0.453 e. The van der Waals surface area contributed by atoms with Gasteiger partial charge in [-0.15, -0.1) is 5.73 Å². The van der Waals surface area contributed by atoms with E-state index in [1.54, 1.807) is 24.7 Å². The van der Waals surface area contributed by atoms with Crippen LogP contribution in [-0.4, -0.2) is 27.2 Å². The number of aromatic nitrogens is 3. The van der Waals surface area contributed by atoms with Crippen LogP contribution in [0.5, 0.6) is 5.75 Å². The number of nitrogens with two attached hydrogens (primary N) is 1. The Morgan fingerprint density at radius 1 is 1.18 bits per heavy atom. The molecule has 45 heavy (non-hydrogen) atoms. The van der Waals surface area contributed by atoms with Gasteiger partial charge in [-0.1, -0.05) is 43.9 Å². The van der Waals surface area contributed by atoms with Crippen LogP contribution in [0.2, 0.25) is 0 Å². The second-order valence-electron chi connectivity index (χ2n) is 11.9. The molecular formula is C36H39F2N5O2. The van der Waals surface area contributed by atoms with Crippen molar-refractivity contribution in [2.75, 3.05) is 6.61 Å². The average molecular weight is 612 g/mol. The van der Waals surface area contributed by atoms with Crippen LogP contribution in [0.15, 0.2) is 109 Å². The highest BCUT2D eigenvalue weighted by Crippen LogP contribution is 2.36. The largest absolute Gasteiger partial charge is 0.453 e. The Morgan fingerprint density at radius 2 is 2.02 bits per heavy atom. The zero-order chi connectivity index (χ0) is 32.0. The highest BCUT2D eigenvalue weighted by atomic mass is 19.1. The van der Waals surface area contributed by atoms with Crippen molar-refractivity contribution in [3.8, 4) is 5.75 Å². The molecule has 4 bridgehead atoms. The van der Waals surface area contributed by atoms with Crippen molar-refractivity contribution in [3.63, 3.8) is 0 Å². The van der Waals surface area contributed by atoms with Gasteiger partial charge in [0.05, 0.1) is 11.3 Å². The second-order valence-corrected chi connectivity index (χ2v) is 11.9. The Hall–Kier alpha value is -4.85. The number of hydrogen-bond donors (Lipinski definition) is 4. The first-order chi connectivity index (χ1) is 21.6. The van der Waals surface area contributed by atoms with Crippen molar-refractivity contribution >= 4 is 16.5 Å². The molecule has 0 saturated carbocycles.